The second kappa shape index (κ2) is 17.9. The number of hydrogen-bond acceptors (Lipinski definition) is 9. The molecule has 7 rings (SSSR count). The summed E-state index contributed by atoms with van der Waals surface area (Å²) in [5, 5.41) is 18.0. The van der Waals surface area contributed by atoms with Crippen LogP contribution in [0.3, 0.4) is 0 Å². The number of esters is 1. The van der Waals surface area contributed by atoms with E-state index in [1.807, 2.05) is 42.5 Å². The summed E-state index contributed by atoms with van der Waals surface area (Å²) in [4.78, 5) is 39.5. The summed E-state index contributed by atoms with van der Waals surface area (Å²) in [6.45, 7) is 0.206. The molecule has 0 radical (unpaired) electrons. The number of amides is 2. The molecule has 304 valence electrons. The molecule has 2 heterocycles. The van der Waals surface area contributed by atoms with Crippen LogP contribution in [0.25, 0.3) is 11.1 Å². The average Bonchev–Trinajstić information content (AvgIpc) is 3.24. The number of carbonyl (C=O) groups excluding carboxylic acids is 3. The number of anilines is 1. The van der Waals surface area contributed by atoms with Gasteiger partial charge in [0.15, 0.2) is 0 Å². The van der Waals surface area contributed by atoms with Crippen LogP contribution in [0.5, 0.6) is 17.2 Å². The van der Waals surface area contributed by atoms with Crippen LogP contribution in [0.2, 0.25) is 0 Å². The number of benzene rings is 5. The molecule has 0 saturated carbocycles. The molecule has 15 heteroatoms. The lowest BCUT2D eigenvalue weighted by molar-refractivity contribution is -0.145. The quantitative estimate of drug-likeness (QED) is 0.117. The number of halogens is 4. The Bertz CT molecular complexity index is 2390. The molecule has 2 aliphatic rings. The number of methoxy groups -OCH3 is 2. The summed E-state index contributed by atoms with van der Waals surface area (Å²) in [5.41, 5.74) is 5.37. The summed E-state index contributed by atoms with van der Waals surface area (Å²) in [5.74, 6) is -0.813. The lowest BCUT2D eigenvalue weighted by Gasteiger charge is -2.31. The first-order valence-electron chi connectivity index (χ1n) is 18.2. The van der Waals surface area contributed by atoms with Crippen LogP contribution in [-0.4, -0.2) is 44.1 Å². The van der Waals surface area contributed by atoms with Crippen molar-refractivity contribution in [3.8, 4) is 34.4 Å². The van der Waals surface area contributed by atoms with E-state index >= 15 is 0 Å². The highest BCUT2D eigenvalue weighted by Gasteiger charge is 2.35. The molecule has 0 spiro atoms. The van der Waals surface area contributed by atoms with Crippen molar-refractivity contribution in [3.05, 3.63) is 142 Å². The lowest BCUT2D eigenvalue weighted by atomic mass is 9.93. The van der Waals surface area contributed by atoms with Gasteiger partial charge in [0.05, 0.1) is 43.1 Å². The first-order valence-corrected chi connectivity index (χ1v) is 18.2. The molecule has 0 aliphatic carbocycles. The number of hydrogen-bond donors (Lipinski definition) is 3. The predicted octanol–water partition coefficient (Wildman–Crippen LogP) is 7.24. The summed E-state index contributed by atoms with van der Waals surface area (Å²) >= 11 is 0. The molecule has 11 nitrogen and oxygen atoms in total. The molecule has 5 aromatic rings. The number of carbonyl (C=O) groups is 3. The van der Waals surface area contributed by atoms with Gasteiger partial charge in [-0.3, -0.25) is 9.59 Å². The van der Waals surface area contributed by atoms with Crippen LogP contribution >= 0.6 is 12.4 Å². The van der Waals surface area contributed by atoms with Gasteiger partial charge in [-0.2, -0.15) is 18.4 Å². The summed E-state index contributed by atoms with van der Waals surface area (Å²) < 4.78 is 62.0. The Kier molecular flexibility index (Phi) is 12.8. The smallest absolute Gasteiger partial charge is 0.419 e. The van der Waals surface area contributed by atoms with Crippen molar-refractivity contribution in [2.75, 3.05) is 19.5 Å². The van der Waals surface area contributed by atoms with Gasteiger partial charge in [0.1, 0.15) is 29.9 Å². The van der Waals surface area contributed by atoms with Crippen molar-refractivity contribution in [3.63, 3.8) is 0 Å². The molecular weight excluding hydrogens is 789 g/mol. The maximum absolute atomic E-state index is 13.5. The third-order valence-electron chi connectivity index (χ3n) is 10.0. The van der Waals surface area contributed by atoms with Crippen molar-refractivity contribution in [1.29, 1.82) is 5.26 Å². The Labute approximate surface area is 343 Å². The summed E-state index contributed by atoms with van der Waals surface area (Å²) in [6.07, 6.45) is -5.07. The van der Waals surface area contributed by atoms with E-state index in [-0.39, 0.29) is 43.5 Å². The maximum atomic E-state index is 13.5. The molecule has 2 amide bonds. The van der Waals surface area contributed by atoms with E-state index in [9.17, 15) is 27.6 Å². The van der Waals surface area contributed by atoms with Gasteiger partial charge >= 0.3 is 12.1 Å². The van der Waals surface area contributed by atoms with E-state index < -0.39 is 41.8 Å². The molecule has 5 aromatic carbocycles. The standard InChI is InChI=1S/C44H37F3N4O7.ClH/c1-55-38-16-7-27(17-34(38)44(45,46)47)24-57-33-14-12-30(13-15-33)40-42(53)50-35-19-31-20-36(49-23-32(31)21-39(35)58-40)41(52)51-37(43(54)56-2)18-25-3-8-28(9-4-25)29-10-5-26(22-48)6-11-29;/h3-17,19,21,36-37,40,49H,18,20,23-24H2,1-2H3,(H,50,53)(H,51,52);1H/t36?,37-,40?;/m0./s1. The minimum atomic E-state index is -4.58. The van der Waals surface area contributed by atoms with E-state index in [4.69, 9.17) is 24.2 Å². The lowest BCUT2D eigenvalue weighted by Crippen LogP contribution is -2.53. The minimum Gasteiger partial charge on any atom is -0.496 e. The molecule has 2 unspecified atom stereocenters. The van der Waals surface area contributed by atoms with E-state index in [0.29, 0.717) is 40.4 Å². The molecule has 59 heavy (non-hydrogen) atoms. The number of ether oxygens (including phenoxy) is 4. The van der Waals surface area contributed by atoms with Crippen molar-refractivity contribution in [2.24, 2.45) is 0 Å². The molecule has 0 aromatic heterocycles. The molecular formula is C44H38ClF3N4O7. The zero-order valence-corrected chi connectivity index (χ0v) is 32.5. The first-order chi connectivity index (χ1) is 27.9. The summed E-state index contributed by atoms with van der Waals surface area (Å²) in [7, 11) is 2.44. The largest absolute Gasteiger partial charge is 0.496 e. The van der Waals surface area contributed by atoms with Crippen molar-refractivity contribution < 1.29 is 46.5 Å². The van der Waals surface area contributed by atoms with E-state index in [2.05, 4.69) is 22.0 Å². The van der Waals surface area contributed by atoms with Crippen molar-refractivity contribution in [2.45, 2.75) is 50.4 Å². The maximum Gasteiger partial charge on any atom is 0.419 e. The second-order valence-electron chi connectivity index (χ2n) is 13.8. The fraction of sp³-hybridized carbons (Fsp3) is 0.227. The normalized spacial score (nSPS) is 16.0. The first kappa shape index (κ1) is 42.1. The Morgan fingerprint density at radius 3 is 2.24 bits per heavy atom. The Balaban J connectivity index is 0.00000585. The fourth-order valence-electron chi connectivity index (χ4n) is 6.91. The molecule has 0 saturated heterocycles. The zero-order valence-electron chi connectivity index (χ0n) is 31.7. The molecule has 0 bridgehead atoms. The van der Waals surface area contributed by atoms with Crippen molar-refractivity contribution in [1.82, 2.24) is 10.6 Å². The van der Waals surface area contributed by atoms with Gasteiger partial charge in [-0.1, -0.05) is 54.6 Å². The van der Waals surface area contributed by atoms with Gasteiger partial charge in [0, 0.05) is 18.5 Å². The Morgan fingerprint density at radius 1 is 0.915 bits per heavy atom. The Hall–Kier alpha value is -6.56. The highest BCUT2D eigenvalue weighted by atomic mass is 35.5. The Morgan fingerprint density at radius 2 is 1.59 bits per heavy atom. The molecule has 2 aliphatic heterocycles. The van der Waals surface area contributed by atoms with Crippen LogP contribution < -0.4 is 30.2 Å². The molecule has 3 N–H and O–H groups in total. The SMILES string of the molecule is COC(=O)[C@H](Cc1ccc(-c2ccc(C#N)cc2)cc1)NC(=O)C1Cc2cc3c(cc2CN1)OC(c1ccc(OCc2ccc(OC)c(C(F)(F)F)c2)cc1)C(=O)N3.Cl. The van der Waals surface area contributed by atoms with Crippen LogP contribution in [0, 0.1) is 11.3 Å². The predicted molar refractivity (Wildman–Crippen MR) is 213 cm³/mol. The summed E-state index contributed by atoms with van der Waals surface area (Å²) in [6, 6.07) is 29.2. The monoisotopic (exact) mass is 826 g/mol. The van der Waals surface area contributed by atoms with E-state index in [0.717, 1.165) is 33.9 Å². The third kappa shape index (κ3) is 9.60. The highest BCUT2D eigenvalue weighted by molar-refractivity contribution is 5.98. The number of rotatable bonds is 11. The minimum absolute atomic E-state index is 0. The zero-order chi connectivity index (χ0) is 41.0. The van der Waals surface area contributed by atoms with E-state index in [1.54, 1.807) is 42.5 Å². The number of alkyl halides is 3. The topological polar surface area (TPSA) is 148 Å². The number of fused-ring (bicyclic) bond motifs is 2. The number of nitrogens with one attached hydrogen (secondary N) is 3. The number of nitriles is 1. The fourth-order valence-corrected chi connectivity index (χ4v) is 6.91. The van der Waals surface area contributed by atoms with Gasteiger partial charge in [0.2, 0.25) is 12.0 Å². The number of nitrogens with zero attached hydrogens (tertiary/aromatic N) is 1. The van der Waals surface area contributed by atoms with Gasteiger partial charge in [-0.15, -0.1) is 12.4 Å². The molecule has 3 atom stereocenters. The van der Waals surface area contributed by atoms with Gasteiger partial charge in [-0.25, -0.2) is 4.79 Å². The van der Waals surface area contributed by atoms with Gasteiger partial charge < -0.3 is 34.9 Å². The molecule has 0 fully saturated rings. The van der Waals surface area contributed by atoms with Crippen LogP contribution in [0.4, 0.5) is 18.9 Å². The van der Waals surface area contributed by atoms with Gasteiger partial charge in [-0.05, 0) is 88.3 Å². The highest BCUT2D eigenvalue weighted by Crippen LogP contribution is 2.39. The van der Waals surface area contributed by atoms with Gasteiger partial charge in [0.25, 0.3) is 5.91 Å². The van der Waals surface area contributed by atoms with Crippen LogP contribution in [0.15, 0.2) is 103 Å². The van der Waals surface area contributed by atoms with Crippen molar-refractivity contribution >= 4 is 35.9 Å². The second-order valence-corrected chi connectivity index (χ2v) is 13.8. The average molecular weight is 827 g/mol. The van der Waals surface area contributed by atoms with Crippen LogP contribution in [0.1, 0.15) is 45.0 Å². The van der Waals surface area contributed by atoms with E-state index in [1.165, 1.54) is 26.4 Å². The third-order valence-corrected chi connectivity index (χ3v) is 10.0. The van der Waals surface area contributed by atoms with Crippen LogP contribution in [-0.2, 0) is 51.3 Å².